The maximum atomic E-state index is 13.1. The number of furan rings is 1. The monoisotopic (exact) mass is 405 g/mol. The average Bonchev–Trinajstić information content (AvgIpc) is 3.16. The number of hydrogen-bond donors (Lipinski definition) is 1. The van der Waals surface area contributed by atoms with Crippen LogP contribution in [0.3, 0.4) is 0 Å². The van der Waals surface area contributed by atoms with Crippen LogP contribution in [-0.4, -0.2) is 54.3 Å². The Morgan fingerprint density at radius 2 is 1.93 bits per heavy atom. The molecule has 2 aromatic rings. The fourth-order valence-corrected chi connectivity index (χ4v) is 4.05. The van der Waals surface area contributed by atoms with E-state index in [0.717, 1.165) is 16.1 Å². The van der Waals surface area contributed by atoms with Crippen molar-refractivity contribution >= 4 is 21.8 Å². The van der Waals surface area contributed by atoms with Crippen molar-refractivity contribution in [3.8, 4) is 0 Å². The first-order valence-electron chi connectivity index (χ1n) is 8.80. The van der Waals surface area contributed by atoms with Gasteiger partial charge in [0.15, 0.2) is 0 Å². The van der Waals surface area contributed by atoms with E-state index in [4.69, 9.17) is 4.42 Å². The third kappa shape index (κ3) is 4.26. The third-order valence-corrected chi connectivity index (χ3v) is 6.04. The molecule has 1 N–H and O–H groups in total. The lowest BCUT2D eigenvalue weighted by Crippen LogP contribution is -2.69. The predicted molar refractivity (Wildman–Crippen MR) is 102 cm³/mol. The second kappa shape index (κ2) is 7.76. The zero-order valence-corrected chi connectivity index (χ0v) is 16.6. The molecule has 2 amide bonds. The molecule has 0 saturated carbocycles. The van der Waals surface area contributed by atoms with E-state index in [-0.39, 0.29) is 26.2 Å². The van der Waals surface area contributed by atoms with Crippen LogP contribution in [0.1, 0.15) is 18.2 Å². The molecule has 1 aromatic heterocycles. The highest BCUT2D eigenvalue weighted by Crippen LogP contribution is 2.27. The summed E-state index contributed by atoms with van der Waals surface area (Å²) in [4.78, 5) is 27.2. The van der Waals surface area contributed by atoms with Crippen LogP contribution in [-0.2, 0) is 32.7 Å². The van der Waals surface area contributed by atoms with Crippen LogP contribution < -0.4 is 5.32 Å². The van der Waals surface area contributed by atoms with Crippen LogP contribution in [0.2, 0.25) is 0 Å². The lowest BCUT2D eigenvalue weighted by atomic mass is 9.95. The van der Waals surface area contributed by atoms with Gasteiger partial charge in [0.2, 0.25) is 21.8 Å². The molecule has 3 rings (SSSR count). The Labute approximate surface area is 164 Å². The van der Waals surface area contributed by atoms with E-state index in [1.165, 1.54) is 11.2 Å². The van der Waals surface area contributed by atoms with Gasteiger partial charge in [-0.05, 0) is 24.6 Å². The summed E-state index contributed by atoms with van der Waals surface area (Å²) < 4.78 is 30.5. The second-order valence-electron chi connectivity index (χ2n) is 7.03. The quantitative estimate of drug-likeness (QED) is 0.772. The van der Waals surface area contributed by atoms with Crippen molar-refractivity contribution in [1.29, 1.82) is 0 Å². The fourth-order valence-electron chi connectivity index (χ4n) is 3.21. The zero-order chi connectivity index (χ0) is 20.4. The Morgan fingerprint density at radius 3 is 2.54 bits per heavy atom. The molecule has 9 heteroatoms. The van der Waals surface area contributed by atoms with Crippen LogP contribution in [0.15, 0.2) is 53.1 Å². The Balaban J connectivity index is 1.86. The minimum absolute atomic E-state index is 0.0820. The Kier molecular flexibility index (Phi) is 5.57. The normalized spacial score (nSPS) is 20.9. The van der Waals surface area contributed by atoms with Gasteiger partial charge in [-0.1, -0.05) is 30.3 Å². The van der Waals surface area contributed by atoms with Gasteiger partial charge >= 0.3 is 0 Å². The molecule has 0 aliphatic carbocycles. The van der Waals surface area contributed by atoms with Gasteiger partial charge in [-0.15, -0.1) is 0 Å². The molecule has 0 radical (unpaired) electrons. The van der Waals surface area contributed by atoms with Crippen molar-refractivity contribution in [2.24, 2.45) is 0 Å². The number of amides is 2. The minimum atomic E-state index is -3.63. The number of piperazine rings is 1. The predicted octanol–water partition coefficient (Wildman–Crippen LogP) is 0.959. The van der Waals surface area contributed by atoms with Gasteiger partial charge in [-0.25, -0.2) is 8.42 Å². The number of nitrogens with zero attached hydrogens (tertiary/aromatic N) is 2. The van der Waals surface area contributed by atoms with Crippen molar-refractivity contribution in [3.63, 3.8) is 0 Å². The molecule has 1 aliphatic heterocycles. The summed E-state index contributed by atoms with van der Waals surface area (Å²) in [5.74, 6) is -0.363. The number of carbonyl (C=O) groups is 2. The first kappa shape index (κ1) is 20.1. The highest BCUT2D eigenvalue weighted by atomic mass is 32.2. The summed E-state index contributed by atoms with van der Waals surface area (Å²) in [5, 5.41) is 2.83. The lowest BCUT2D eigenvalue weighted by molar-refractivity contribution is -0.154. The number of nitrogens with one attached hydrogen (secondary N) is 1. The van der Waals surface area contributed by atoms with Gasteiger partial charge in [0, 0.05) is 13.1 Å². The van der Waals surface area contributed by atoms with E-state index >= 15 is 0 Å². The Hall–Kier alpha value is -2.65. The van der Waals surface area contributed by atoms with Gasteiger partial charge in [0.05, 0.1) is 25.6 Å². The number of carbonyl (C=O) groups excluding carboxylic acids is 2. The second-order valence-corrected chi connectivity index (χ2v) is 9.01. The molecule has 1 aromatic carbocycles. The van der Waals surface area contributed by atoms with Gasteiger partial charge in [0.25, 0.3) is 0 Å². The molecular weight excluding hydrogens is 382 g/mol. The van der Waals surface area contributed by atoms with Gasteiger partial charge in [0.1, 0.15) is 11.3 Å². The van der Waals surface area contributed by atoms with Crippen LogP contribution in [0, 0.1) is 0 Å². The van der Waals surface area contributed by atoms with Crippen molar-refractivity contribution in [2.45, 2.75) is 25.6 Å². The summed E-state index contributed by atoms with van der Waals surface area (Å²) in [6, 6.07) is 12.7. The molecule has 150 valence electrons. The molecule has 1 saturated heterocycles. The Bertz CT molecular complexity index is 943. The summed E-state index contributed by atoms with van der Waals surface area (Å²) in [7, 11) is -3.63. The topological polar surface area (TPSA) is 99.9 Å². The summed E-state index contributed by atoms with van der Waals surface area (Å²) in [6.45, 7) is 1.50. The van der Waals surface area contributed by atoms with Crippen molar-refractivity contribution in [1.82, 2.24) is 14.5 Å². The molecule has 1 fully saturated rings. The highest BCUT2D eigenvalue weighted by Gasteiger charge is 2.49. The SMILES string of the molecule is C[C@@]1(C(=O)NCc2ccccc2)CN(S(C)(=O)=O)CC(=O)N1Cc1ccco1. The molecule has 2 heterocycles. The number of benzene rings is 1. The molecule has 0 bridgehead atoms. The van der Waals surface area contributed by atoms with Crippen LogP contribution in [0.4, 0.5) is 0 Å². The summed E-state index contributed by atoms with van der Waals surface area (Å²) in [5.41, 5.74) is -0.473. The number of hydrogen-bond acceptors (Lipinski definition) is 5. The summed E-state index contributed by atoms with van der Waals surface area (Å²) >= 11 is 0. The maximum Gasteiger partial charge on any atom is 0.247 e. The molecule has 1 aliphatic rings. The third-order valence-electron chi connectivity index (χ3n) is 4.84. The molecule has 0 spiro atoms. The standard InChI is InChI=1S/C19H23N3O5S/c1-19(18(24)20-11-15-7-4-3-5-8-15)14-21(28(2,25)26)13-17(23)22(19)12-16-9-6-10-27-16/h3-10H,11-14H2,1-2H3,(H,20,24)/t19-/m0/s1. The van der Waals surface area contributed by atoms with E-state index in [1.807, 2.05) is 30.3 Å². The molecule has 0 unspecified atom stereocenters. The zero-order valence-electron chi connectivity index (χ0n) is 15.8. The summed E-state index contributed by atoms with van der Waals surface area (Å²) in [6.07, 6.45) is 2.52. The average molecular weight is 405 g/mol. The first-order valence-corrected chi connectivity index (χ1v) is 10.7. The maximum absolute atomic E-state index is 13.1. The van der Waals surface area contributed by atoms with E-state index in [0.29, 0.717) is 5.76 Å². The molecule has 8 nitrogen and oxygen atoms in total. The van der Waals surface area contributed by atoms with Crippen molar-refractivity contribution in [3.05, 3.63) is 60.1 Å². The molecule has 1 atom stereocenters. The largest absolute Gasteiger partial charge is 0.467 e. The van der Waals surface area contributed by atoms with Crippen LogP contribution in [0.5, 0.6) is 0 Å². The van der Waals surface area contributed by atoms with Crippen molar-refractivity contribution in [2.75, 3.05) is 19.3 Å². The minimum Gasteiger partial charge on any atom is -0.467 e. The number of sulfonamides is 1. The fraction of sp³-hybridized carbons (Fsp3) is 0.368. The van der Waals surface area contributed by atoms with E-state index in [2.05, 4.69) is 5.32 Å². The van der Waals surface area contributed by atoms with Gasteiger partial charge in [-0.2, -0.15) is 4.31 Å². The van der Waals surface area contributed by atoms with Gasteiger partial charge < -0.3 is 14.6 Å². The van der Waals surface area contributed by atoms with E-state index < -0.39 is 27.4 Å². The van der Waals surface area contributed by atoms with Crippen LogP contribution in [0.25, 0.3) is 0 Å². The molecule has 28 heavy (non-hydrogen) atoms. The van der Waals surface area contributed by atoms with Crippen LogP contribution >= 0.6 is 0 Å². The highest BCUT2D eigenvalue weighted by molar-refractivity contribution is 7.88. The van der Waals surface area contributed by atoms with Crippen molar-refractivity contribution < 1.29 is 22.4 Å². The lowest BCUT2D eigenvalue weighted by Gasteiger charge is -2.46. The first-order chi connectivity index (χ1) is 13.2. The Morgan fingerprint density at radius 1 is 1.21 bits per heavy atom. The molecular formula is C19H23N3O5S. The van der Waals surface area contributed by atoms with E-state index in [1.54, 1.807) is 19.1 Å². The number of rotatable bonds is 6. The smallest absolute Gasteiger partial charge is 0.247 e. The van der Waals surface area contributed by atoms with Gasteiger partial charge in [-0.3, -0.25) is 9.59 Å². The van der Waals surface area contributed by atoms with E-state index in [9.17, 15) is 18.0 Å².